The van der Waals surface area contributed by atoms with Gasteiger partial charge < -0.3 is 9.88 Å². The van der Waals surface area contributed by atoms with Gasteiger partial charge in [0.15, 0.2) is 5.16 Å². The van der Waals surface area contributed by atoms with Crippen LogP contribution in [0.3, 0.4) is 0 Å². The summed E-state index contributed by atoms with van der Waals surface area (Å²) in [6.45, 7) is 3.93. The molecule has 0 aliphatic carbocycles. The van der Waals surface area contributed by atoms with Gasteiger partial charge in [0.2, 0.25) is 5.91 Å². The quantitative estimate of drug-likeness (QED) is 0.479. The second kappa shape index (κ2) is 8.54. The largest absolute Gasteiger partial charge is 0.310 e. The van der Waals surface area contributed by atoms with Gasteiger partial charge in [0.1, 0.15) is 11.6 Å². The second-order valence-electron chi connectivity index (χ2n) is 6.95. The van der Waals surface area contributed by atoms with E-state index in [0.717, 1.165) is 22.8 Å². The summed E-state index contributed by atoms with van der Waals surface area (Å²) in [5, 5.41) is 16.5. The normalized spacial score (nSPS) is 10.9. The van der Waals surface area contributed by atoms with E-state index in [0.29, 0.717) is 11.0 Å². The van der Waals surface area contributed by atoms with Crippen molar-refractivity contribution in [2.75, 3.05) is 11.1 Å². The third-order valence-corrected chi connectivity index (χ3v) is 5.73. The van der Waals surface area contributed by atoms with E-state index in [-0.39, 0.29) is 11.7 Å². The molecule has 4 aromatic rings. The lowest BCUT2D eigenvalue weighted by Gasteiger charge is -2.08. The molecule has 1 amide bonds. The zero-order valence-corrected chi connectivity index (χ0v) is 17.8. The monoisotopic (exact) mass is 418 g/mol. The van der Waals surface area contributed by atoms with Crippen LogP contribution in [0, 0.1) is 13.8 Å². The van der Waals surface area contributed by atoms with Crippen molar-refractivity contribution in [1.29, 1.82) is 0 Å². The Bertz CT molecular complexity index is 1160. The molecule has 30 heavy (non-hydrogen) atoms. The average molecular weight is 419 g/mol. The van der Waals surface area contributed by atoms with E-state index in [9.17, 15) is 4.79 Å². The highest BCUT2D eigenvalue weighted by molar-refractivity contribution is 7.99. The smallest absolute Gasteiger partial charge is 0.236 e. The standard InChI is InChI=1S/C22H22N6OS/c1-15-9-11-17(12-10-15)19-13-20(28(26-19)18-7-5-4-6-8-18)23-21(29)14-30-22-25-24-16(2)27(22)3/h4-13H,14H2,1-3H3,(H,23,29). The van der Waals surface area contributed by atoms with E-state index in [1.807, 2.05) is 74.0 Å². The van der Waals surface area contributed by atoms with Crippen LogP contribution in [-0.4, -0.2) is 36.2 Å². The van der Waals surface area contributed by atoms with E-state index in [1.54, 1.807) is 4.68 Å². The van der Waals surface area contributed by atoms with Crippen molar-refractivity contribution in [2.24, 2.45) is 7.05 Å². The number of nitrogens with one attached hydrogen (secondary N) is 1. The van der Waals surface area contributed by atoms with Crippen LogP contribution in [0.1, 0.15) is 11.4 Å². The molecule has 4 rings (SSSR count). The molecule has 0 atom stereocenters. The third-order valence-electron chi connectivity index (χ3n) is 4.71. The summed E-state index contributed by atoms with van der Waals surface area (Å²) in [5.41, 5.74) is 3.86. The van der Waals surface area contributed by atoms with Crippen molar-refractivity contribution < 1.29 is 4.79 Å². The molecule has 0 radical (unpaired) electrons. The molecular formula is C22H22N6OS. The Morgan fingerprint density at radius 3 is 2.43 bits per heavy atom. The van der Waals surface area contributed by atoms with Crippen molar-refractivity contribution >= 4 is 23.5 Å². The predicted octanol–water partition coefficient (Wildman–Crippen LogP) is 4.02. The van der Waals surface area contributed by atoms with Gasteiger partial charge in [-0.2, -0.15) is 5.10 Å². The fourth-order valence-electron chi connectivity index (χ4n) is 2.92. The van der Waals surface area contributed by atoms with Crippen LogP contribution in [0.15, 0.2) is 65.8 Å². The maximum Gasteiger partial charge on any atom is 0.236 e. The van der Waals surface area contributed by atoms with Gasteiger partial charge in [-0.05, 0) is 26.0 Å². The first-order valence-electron chi connectivity index (χ1n) is 9.52. The summed E-state index contributed by atoms with van der Waals surface area (Å²) in [6.07, 6.45) is 0. The Hall–Kier alpha value is -3.39. The summed E-state index contributed by atoms with van der Waals surface area (Å²) in [4.78, 5) is 12.6. The van der Waals surface area contributed by atoms with Gasteiger partial charge in [-0.15, -0.1) is 10.2 Å². The molecule has 0 bridgehead atoms. The maximum atomic E-state index is 12.6. The number of amides is 1. The first-order chi connectivity index (χ1) is 14.5. The Morgan fingerprint density at radius 1 is 1.03 bits per heavy atom. The molecule has 0 aliphatic rings. The van der Waals surface area contributed by atoms with Gasteiger partial charge in [0.05, 0.1) is 17.1 Å². The molecular weight excluding hydrogens is 396 g/mol. The zero-order chi connectivity index (χ0) is 21.1. The van der Waals surface area contributed by atoms with E-state index >= 15 is 0 Å². The Kier molecular flexibility index (Phi) is 5.67. The number of carbonyl (C=O) groups excluding carboxylic acids is 1. The van der Waals surface area contributed by atoms with E-state index in [1.165, 1.54) is 17.3 Å². The molecule has 1 N–H and O–H groups in total. The molecule has 0 saturated heterocycles. The van der Waals surface area contributed by atoms with Gasteiger partial charge in [0, 0.05) is 18.7 Å². The SMILES string of the molecule is Cc1ccc(-c2cc(NC(=O)CSc3nnc(C)n3C)n(-c3ccccc3)n2)cc1. The lowest BCUT2D eigenvalue weighted by Crippen LogP contribution is -2.17. The van der Waals surface area contributed by atoms with Crippen LogP contribution in [0.5, 0.6) is 0 Å². The number of benzene rings is 2. The van der Waals surface area contributed by atoms with Crippen LogP contribution in [0.4, 0.5) is 5.82 Å². The summed E-state index contributed by atoms with van der Waals surface area (Å²) >= 11 is 1.35. The maximum absolute atomic E-state index is 12.6. The first-order valence-corrected chi connectivity index (χ1v) is 10.5. The predicted molar refractivity (Wildman–Crippen MR) is 119 cm³/mol. The molecule has 0 aliphatic heterocycles. The number of para-hydroxylation sites is 1. The minimum absolute atomic E-state index is 0.131. The highest BCUT2D eigenvalue weighted by Crippen LogP contribution is 2.25. The molecule has 2 aromatic carbocycles. The van der Waals surface area contributed by atoms with Crippen LogP contribution in [0.25, 0.3) is 16.9 Å². The van der Waals surface area contributed by atoms with Crippen LogP contribution < -0.4 is 5.32 Å². The number of anilines is 1. The van der Waals surface area contributed by atoms with Crippen molar-refractivity contribution in [3.63, 3.8) is 0 Å². The highest BCUT2D eigenvalue weighted by atomic mass is 32.2. The first kappa shape index (κ1) is 19.9. The van der Waals surface area contributed by atoms with Gasteiger partial charge in [-0.3, -0.25) is 4.79 Å². The minimum atomic E-state index is -0.131. The van der Waals surface area contributed by atoms with Crippen LogP contribution in [0.2, 0.25) is 0 Å². The van der Waals surface area contributed by atoms with Gasteiger partial charge >= 0.3 is 0 Å². The zero-order valence-electron chi connectivity index (χ0n) is 17.0. The average Bonchev–Trinajstić information content (AvgIpc) is 3.31. The number of thioether (sulfide) groups is 1. The van der Waals surface area contributed by atoms with Crippen LogP contribution in [-0.2, 0) is 11.8 Å². The lowest BCUT2D eigenvalue weighted by atomic mass is 10.1. The van der Waals surface area contributed by atoms with E-state index < -0.39 is 0 Å². The molecule has 8 heteroatoms. The topological polar surface area (TPSA) is 77.6 Å². The summed E-state index contributed by atoms with van der Waals surface area (Å²) < 4.78 is 3.62. The van der Waals surface area contributed by atoms with Crippen molar-refractivity contribution in [2.45, 2.75) is 19.0 Å². The van der Waals surface area contributed by atoms with Crippen molar-refractivity contribution in [3.8, 4) is 16.9 Å². The molecule has 152 valence electrons. The van der Waals surface area contributed by atoms with E-state index in [4.69, 9.17) is 5.10 Å². The molecule has 0 fully saturated rings. The third kappa shape index (κ3) is 4.28. The lowest BCUT2D eigenvalue weighted by molar-refractivity contribution is -0.113. The van der Waals surface area contributed by atoms with E-state index in [2.05, 4.69) is 27.6 Å². The number of hydrogen-bond acceptors (Lipinski definition) is 5. The summed E-state index contributed by atoms with van der Waals surface area (Å²) in [6, 6.07) is 19.8. The minimum Gasteiger partial charge on any atom is -0.310 e. The number of carbonyl (C=O) groups is 1. The molecule has 2 aromatic heterocycles. The number of aromatic nitrogens is 5. The Labute approximate surface area is 179 Å². The highest BCUT2D eigenvalue weighted by Gasteiger charge is 2.15. The van der Waals surface area contributed by atoms with Crippen molar-refractivity contribution in [3.05, 3.63) is 72.1 Å². The van der Waals surface area contributed by atoms with Gasteiger partial charge in [0.25, 0.3) is 0 Å². The molecule has 0 spiro atoms. The molecule has 2 heterocycles. The fourth-order valence-corrected chi connectivity index (χ4v) is 3.68. The molecule has 0 saturated carbocycles. The number of rotatable bonds is 6. The van der Waals surface area contributed by atoms with Crippen LogP contribution >= 0.6 is 11.8 Å². The number of aryl methyl sites for hydroxylation is 2. The summed E-state index contributed by atoms with van der Waals surface area (Å²) in [5.74, 6) is 1.53. The van der Waals surface area contributed by atoms with Crippen molar-refractivity contribution in [1.82, 2.24) is 24.5 Å². The number of nitrogens with zero attached hydrogens (tertiary/aromatic N) is 5. The fraction of sp³-hybridized carbons (Fsp3) is 0.182. The van der Waals surface area contributed by atoms with Gasteiger partial charge in [-0.25, -0.2) is 4.68 Å². The summed E-state index contributed by atoms with van der Waals surface area (Å²) in [7, 11) is 1.88. The second-order valence-corrected chi connectivity index (χ2v) is 7.90. The molecule has 0 unspecified atom stereocenters. The Balaban J connectivity index is 1.58. The number of hydrogen-bond donors (Lipinski definition) is 1. The Morgan fingerprint density at radius 2 is 1.77 bits per heavy atom. The molecule has 7 nitrogen and oxygen atoms in total. The van der Waals surface area contributed by atoms with Gasteiger partial charge in [-0.1, -0.05) is 59.8 Å².